The highest BCUT2D eigenvalue weighted by Gasteiger charge is 2.18. The third-order valence-electron chi connectivity index (χ3n) is 3.49. The molecule has 0 bridgehead atoms. The molecule has 0 unspecified atom stereocenters. The average molecular weight is 347 g/mol. The fourth-order valence-corrected chi connectivity index (χ4v) is 3.10. The second-order valence-electron chi connectivity index (χ2n) is 5.14. The number of anilines is 1. The van der Waals surface area contributed by atoms with Crippen molar-refractivity contribution in [2.45, 2.75) is 26.7 Å². The molecule has 2 rings (SSSR count). The lowest BCUT2D eigenvalue weighted by atomic mass is 10.2. The zero-order valence-electron chi connectivity index (χ0n) is 14.0. The van der Waals surface area contributed by atoms with E-state index in [-0.39, 0.29) is 12.5 Å². The van der Waals surface area contributed by atoms with Gasteiger partial charge >= 0.3 is 5.97 Å². The molecule has 1 amide bonds. The largest absolute Gasteiger partial charge is 0.484 e. The maximum Gasteiger partial charge on any atom is 0.340 e. The first kappa shape index (κ1) is 18.0. The molecular formula is C18H21NO4S. The molecule has 0 saturated heterocycles. The number of aryl methyl sites for hydroxylation is 2. The number of esters is 1. The minimum absolute atomic E-state index is 0.120. The van der Waals surface area contributed by atoms with Gasteiger partial charge in [0.05, 0.1) is 12.7 Å². The Morgan fingerprint density at radius 3 is 2.42 bits per heavy atom. The summed E-state index contributed by atoms with van der Waals surface area (Å²) in [5, 5.41) is 3.22. The van der Waals surface area contributed by atoms with E-state index in [9.17, 15) is 9.59 Å². The molecule has 0 fully saturated rings. The minimum Gasteiger partial charge on any atom is -0.484 e. The Morgan fingerprint density at radius 2 is 1.83 bits per heavy atom. The summed E-state index contributed by atoms with van der Waals surface area (Å²) in [6.07, 6.45) is 1.74. The lowest BCUT2D eigenvalue weighted by Crippen LogP contribution is -2.20. The van der Waals surface area contributed by atoms with Crippen LogP contribution in [0.25, 0.3) is 0 Å². The van der Waals surface area contributed by atoms with Crippen LogP contribution in [0.5, 0.6) is 5.75 Å². The Morgan fingerprint density at radius 1 is 1.12 bits per heavy atom. The van der Waals surface area contributed by atoms with Gasteiger partial charge in [-0.05, 0) is 36.6 Å². The molecule has 0 aliphatic carbocycles. The van der Waals surface area contributed by atoms with Crippen LogP contribution in [-0.2, 0) is 22.4 Å². The molecule has 1 N–H and O–H groups in total. The number of benzene rings is 1. The van der Waals surface area contributed by atoms with E-state index in [0.29, 0.717) is 16.3 Å². The summed E-state index contributed by atoms with van der Waals surface area (Å²) in [5.41, 5.74) is 1.58. The number of rotatable bonds is 7. The molecule has 1 aromatic heterocycles. The Bertz CT molecular complexity index is 706. The van der Waals surface area contributed by atoms with Crippen molar-refractivity contribution in [2.75, 3.05) is 19.0 Å². The van der Waals surface area contributed by atoms with Crippen LogP contribution in [0, 0.1) is 0 Å². The number of hydrogen-bond donors (Lipinski definition) is 1. The molecule has 5 nitrogen and oxygen atoms in total. The van der Waals surface area contributed by atoms with E-state index >= 15 is 0 Å². The second-order valence-corrected chi connectivity index (χ2v) is 6.27. The number of carbonyl (C=O) groups excluding carboxylic acids is 2. The predicted molar refractivity (Wildman–Crippen MR) is 95.0 cm³/mol. The van der Waals surface area contributed by atoms with Gasteiger partial charge in [-0.25, -0.2) is 4.79 Å². The molecule has 2 aromatic rings. The normalized spacial score (nSPS) is 10.3. The Hall–Kier alpha value is -2.34. The van der Waals surface area contributed by atoms with Gasteiger partial charge in [-0.1, -0.05) is 26.0 Å². The number of thiophene rings is 1. The van der Waals surface area contributed by atoms with Gasteiger partial charge in [0.15, 0.2) is 6.61 Å². The minimum atomic E-state index is -0.461. The van der Waals surface area contributed by atoms with Crippen molar-refractivity contribution in [3.05, 3.63) is 46.3 Å². The molecule has 0 aliphatic heterocycles. The number of amides is 1. The summed E-state index contributed by atoms with van der Waals surface area (Å²) >= 11 is 1.37. The molecule has 1 aromatic carbocycles. The molecule has 1 heterocycles. The van der Waals surface area contributed by atoms with Crippen LogP contribution in [0.3, 0.4) is 0 Å². The van der Waals surface area contributed by atoms with E-state index in [1.165, 1.54) is 24.0 Å². The van der Waals surface area contributed by atoms with Gasteiger partial charge < -0.3 is 14.8 Å². The third-order valence-corrected chi connectivity index (χ3v) is 4.69. The van der Waals surface area contributed by atoms with Crippen LogP contribution < -0.4 is 10.1 Å². The molecule has 128 valence electrons. The van der Waals surface area contributed by atoms with Crippen LogP contribution in [0.15, 0.2) is 30.3 Å². The van der Waals surface area contributed by atoms with E-state index in [2.05, 4.69) is 12.2 Å². The summed E-state index contributed by atoms with van der Waals surface area (Å²) in [7, 11) is 1.32. The fourth-order valence-electron chi connectivity index (χ4n) is 2.10. The smallest absolute Gasteiger partial charge is 0.340 e. The number of carbonyl (C=O) groups is 2. The monoisotopic (exact) mass is 347 g/mol. The summed E-state index contributed by atoms with van der Waals surface area (Å²) in [6.45, 7) is 3.95. The first-order valence-electron chi connectivity index (χ1n) is 7.80. The van der Waals surface area contributed by atoms with Gasteiger partial charge in [0, 0.05) is 4.88 Å². The van der Waals surface area contributed by atoms with E-state index in [0.717, 1.165) is 17.7 Å². The van der Waals surface area contributed by atoms with Gasteiger partial charge in [-0.3, -0.25) is 4.79 Å². The zero-order chi connectivity index (χ0) is 17.5. The quantitative estimate of drug-likeness (QED) is 0.776. The van der Waals surface area contributed by atoms with Crippen molar-refractivity contribution in [3.8, 4) is 5.75 Å². The van der Waals surface area contributed by atoms with E-state index in [4.69, 9.17) is 9.47 Å². The van der Waals surface area contributed by atoms with Gasteiger partial charge in [-0.2, -0.15) is 0 Å². The maximum absolute atomic E-state index is 12.1. The maximum atomic E-state index is 12.1. The van der Waals surface area contributed by atoms with Crippen LogP contribution in [0.1, 0.15) is 34.6 Å². The van der Waals surface area contributed by atoms with Crippen molar-refractivity contribution in [1.29, 1.82) is 0 Å². The van der Waals surface area contributed by atoms with Crippen molar-refractivity contribution in [3.63, 3.8) is 0 Å². The van der Waals surface area contributed by atoms with E-state index < -0.39 is 5.97 Å². The van der Waals surface area contributed by atoms with E-state index in [1.807, 2.05) is 31.2 Å². The van der Waals surface area contributed by atoms with Gasteiger partial charge in [0.2, 0.25) is 0 Å². The predicted octanol–water partition coefficient (Wildman–Crippen LogP) is 3.68. The number of hydrogen-bond acceptors (Lipinski definition) is 5. The van der Waals surface area contributed by atoms with Gasteiger partial charge in [0.1, 0.15) is 10.8 Å². The first-order valence-corrected chi connectivity index (χ1v) is 8.61. The van der Waals surface area contributed by atoms with Crippen LogP contribution in [0.4, 0.5) is 5.00 Å². The van der Waals surface area contributed by atoms with Crippen molar-refractivity contribution < 1.29 is 19.1 Å². The summed E-state index contributed by atoms with van der Waals surface area (Å²) in [5.74, 6) is -0.141. The molecule has 0 aliphatic rings. The molecule has 0 atom stereocenters. The number of nitrogens with one attached hydrogen (secondary N) is 1. The van der Waals surface area contributed by atoms with Crippen molar-refractivity contribution in [2.24, 2.45) is 0 Å². The second kappa shape index (κ2) is 8.49. The molecule has 0 saturated carbocycles. The Kier molecular flexibility index (Phi) is 6.37. The topological polar surface area (TPSA) is 64.6 Å². The molecule has 6 heteroatoms. The van der Waals surface area contributed by atoms with Gasteiger partial charge in [-0.15, -0.1) is 11.3 Å². The summed E-state index contributed by atoms with van der Waals surface area (Å²) < 4.78 is 10.2. The summed E-state index contributed by atoms with van der Waals surface area (Å²) in [6, 6.07) is 9.36. The van der Waals surface area contributed by atoms with Crippen molar-refractivity contribution >= 4 is 28.2 Å². The van der Waals surface area contributed by atoms with Crippen LogP contribution >= 0.6 is 11.3 Å². The van der Waals surface area contributed by atoms with Crippen LogP contribution in [0.2, 0.25) is 0 Å². The summed E-state index contributed by atoms with van der Waals surface area (Å²) in [4.78, 5) is 24.9. The average Bonchev–Trinajstić information content (AvgIpc) is 3.02. The fraction of sp³-hybridized carbons (Fsp3) is 0.333. The number of methoxy groups -OCH3 is 1. The highest BCUT2D eigenvalue weighted by molar-refractivity contribution is 7.16. The molecule has 0 radical (unpaired) electrons. The first-order chi connectivity index (χ1) is 11.6. The van der Waals surface area contributed by atoms with Gasteiger partial charge in [0.25, 0.3) is 5.91 Å². The van der Waals surface area contributed by atoms with Crippen LogP contribution in [-0.4, -0.2) is 25.6 Å². The third kappa shape index (κ3) is 4.58. The Labute approximate surface area is 145 Å². The molecule has 0 spiro atoms. The van der Waals surface area contributed by atoms with E-state index in [1.54, 1.807) is 6.07 Å². The highest BCUT2D eigenvalue weighted by atomic mass is 32.1. The van der Waals surface area contributed by atoms with Crippen molar-refractivity contribution in [1.82, 2.24) is 0 Å². The standard InChI is InChI=1S/C18H21NO4S/c1-4-12-6-8-13(9-7-12)23-11-16(20)19-17-15(18(21)22-3)10-14(5-2)24-17/h6-10H,4-5,11H2,1-3H3,(H,19,20). The number of ether oxygens (including phenoxy) is 2. The molecule has 24 heavy (non-hydrogen) atoms. The molecular weight excluding hydrogens is 326 g/mol. The zero-order valence-corrected chi connectivity index (χ0v) is 14.9. The SMILES string of the molecule is CCc1ccc(OCC(=O)Nc2sc(CC)cc2C(=O)OC)cc1. The Balaban J connectivity index is 1.98. The highest BCUT2D eigenvalue weighted by Crippen LogP contribution is 2.29. The lowest BCUT2D eigenvalue weighted by molar-refractivity contribution is -0.118. The lowest BCUT2D eigenvalue weighted by Gasteiger charge is -2.08.